The zero-order chi connectivity index (χ0) is 27.2. The van der Waals surface area contributed by atoms with Gasteiger partial charge in [-0.15, -0.1) is 11.3 Å². The van der Waals surface area contributed by atoms with Crippen molar-refractivity contribution >= 4 is 23.2 Å². The van der Waals surface area contributed by atoms with Crippen molar-refractivity contribution in [3.05, 3.63) is 75.3 Å². The average Bonchev–Trinajstić information content (AvgIpc) is 3.25. The monoisotopic (exact) mass is 524 g/mol. The van der Waals surface area contributed by atoms with Crippen molar-refractivity contribution in [3.63, 3.8) is 0 Å². The lowest BCUT2D eigenvalue weighted by atomic mass is 10.1. The van der Waals surface area contributed by atoms with E-state index in [2.05, 4.69) is 73.2 Å². The van der Waals surface area contributed by atoms with Crippen molar-refractivity contribution in [1.29, 1.82) is 0 Å². The maximum Gasteiger partial charge on any atom is 0.244 e. The van der Waals surface area contributed by atoms with Crippen LogP contribution in [0.25, 0.3) is 0 Å². The van der Waals surface area contributed by atoms with Gasteiger partial charge in [0.1, 0.15) is 0 Å². The lowest BCUT2D eigenvalue weighted by molar-refractivity contribution is -0.121. The Morgan fingerprint density at radius 2 is 1.84 bits per heavy atom. The molecular weight excluding hydrogens is 480 g/mol. The van der Waals surface area contributed by atoms with Crippen molar-refractivity contribution in [1.82, 2.24) is 20.5 Å². The zero-order valence-electron chi connectivity index (χ0n) is 23.3. The first-order valence-corrected chi connectivity index (χ1v) is 14.0. The van der Waals surface area contributed by atoms with E-state index in [-0.39, 0.29) is 23.9 Å². The van der Waals surface area contributed by atoms with E-state index in [1.807, 2.05) is 19.9 Å². The summed E-state index contributed by atoms with van der Waals surface area (Å²) in [4.78, 5) is 31.9. The zero-order valence-corrected chi connectivity index (χ0v) is 24.2. The van der Waals surface area contributed by atoms with Gasteiger partial charge in [-0.1, -0.05) is 53.2 Å². The number of carbonyl (C=O) groups excluding carboxylic acids is 2. The lowest BCUT2D eigenvalue weighted by Crippen LogP contribution is -2.34. The quantitative estimate of drug-likeness (QED) is 0.513. The second kappa shape index (κ2) is 16.2. The number of nitrogens with zero attached hydrogens (tertiary/aromatic N) is 2. The van der Waals surface area contributed by atoms with Gasteiger partial charge >= 0.3 is 0 Å². The topological polar surface area (TPSA) is 74.3 Å². The van der Waals surface area contributed by atoms with Crippen LogP contribution in [0.2, 0.25) is 0 Å². The molecule has 0 saturated carbocycles. The fourth-order valence-corrected chi connectivity index (χ4v) is 4.89. The van der Waals surface area contributed by atoms with Crippen LogP contribution in [0.3, 0.4) is 0 Å². The first-order chi connectivity index (χ1) is 17.6. The fraction of sp³-hybridized carbons (Fsp3) is 0.500. The maximum absolute atomic E-state index is 12.7. The van der Waals surface area contributed by atoms with Gasteiger partial charge in [0.05, 0.1) is 16.7 Å². The van der Waals surface area contributed by atoms with Crippen LogP contribution in [0.4, 0.5) is 0 Å². The summed E-state index contributed by atoms with van der Waals surface area (Å²) in [6.45, 7) is 9.08. The Morgan fingerprint density at radius 3 is 2.59 bits per heavy atom. The van der Waals surface area contributed by atoms with Crippen LogP contribution < -0.4 is 10.6 Å². The Morgan fingerprint density at radius 1 is 1.11 bits per heavy atom. The Labute approximate surface area is 227 Å². The molecule has 2 bridgehead atoms. The van der Waals surface area contributed by atoms with Gasteiger partial charge in [-0.05, 0) is 67.5 Å². The second-order valence-electron chi connectivity index (χ2n) is 10.3. The molecule has 6 nitrogen and oxygen atoms in total. The third kappa shape index (κ3) is 13.4. The highest BCUT2D eigenvalue weighted by atomic mass is 32.1. The molecule has 0 fully saturated rings. The molecule has 2 N–H and O–H groups in total. The van der Waals surface area contributed by atoms with Gasteiger partial charge in [0, 0.05) is 36.9 Å². The average molecular weight is 525 g/mol. The van der Waals surface area contributed by atoms with Crippen LogP contribution in [0.15, 0.2) is 64.6 Å². The SMILES string of the molecule is CC1=C/C=C\C(=O)NC(/C=C(C)/C=C/C(C)=C/CN(C)C)Cc2nc(cs2)CCCCC(=O)N[C@H](C)C1. The van der Waals surface area contributed by atoms with Crippen LogP contribution in [0.1, 0.15) is 64.1 Å². The molecule has 1 aromatic rings. The minimum absolute atomic E-state index is 0.0565. The number of aryl methyl sites for hydroxylation is 1. The molecular formula is C30H44N4O2S. The summed E-state index contributed by atoms with van der Waals surface area (Å²) in [7, 11) is 4.10. The van der Waals surface area contributed by atoms with Gasteiger partial charge in [0.2, 0.25) is 11.8 Å². The smallest absolute Gasteiger partial charge is 0.244 e. The number of carbonyl (C=O) groups is 2. The number of aromatic nitrogens is 1. The van der Waals surface area contributed by atoms with Gasteiger partial charge in [0.25, 0.3) is 0 Å². The number of nitrogens with one attached hydrogen (secondary N) is 2. The minimum Gasteiger partial charge on any atom is -0.353 e. The second-order valence-corrected chi connectivity index (χ2v) is 11.2. The first kappa shape index (κ1) is 30.5. The van der Waals surface area contributed by atoms with Crippen LogP contribution in [0, 0.1) is 0 Å². The first-order valence-electron chi connectivity index (χ1n) is 13.2. The molecule has 0 spiro atoms. The highest BCUT2D eigenvalue weighted by Crippen LogP contribution is 2.16. The van der Waals surface area contributed by atoms with E-state index in [0.29, 0.717) is 12.8 Å². The standard InChI is InChI=1S/C30H44N4O2S/c1-22(16-17-34(5)6)14-15-24(3)19-27-20-30-33-26(21-37-30)11-7-8-12-28(35)31-25(4)18-23(2)10-9-13-29(36)32-27/h9-10,13-16,19,21,25,27H,7-8,11-12,17-18,20H2,1-6H3,(H,31,35)(H,32,36)/b13-9-,15-14+,22-16+,23-10?,24-19+/t25-,27?/m1/s1. The van der Waals surface area contributed by atoms with Crippen molar-refractivity contribution in [2.45, 2.75) is 78.3 Å². The molecule has 37 heavy (non-hydrogen) atoms. The molecule has 0 aromatic carbocycles. The highest BCUT2D eigenvalue weighted by molar-refractivity contribution is 7.09. The molecule has 0 saturated heterocycles. The van der Waals surface area contributed by atoms with Gasteiger partial charge < -0.3 is 15.5 Å². The number of hydrogen-bond acceptors (Lipinski definition) is 5. The summed E-state index contributed by atoms with van der Waals surface area (Å²) < 4.78 is 0. The largest absolute Gasteiger partial charge is 0.353 e. The summed E-state index contributed by atoms with van der Waals surface area (Å²) in [5.74, 6) is -0.0466. The fourth-order valence-electron chi connectivity index (χ4n) is 4.00. The summed E-state index contributed by atoms with van der Waals surface area (Å²) in [6, 6.07) is -0.109. The normalized spacial score (nSPS) is 22.6. The van der Waals surface area contributed by atoms with Crippen molar-refractivity contribution in [2.24, 2.45) is 0 Å². The van der Waals surface area contributed by atoms with Crippen LogP contribution in [0.5, 0.6) is 0 Å². The van der Waals surface area contributed by atoms with Gasteiger partial charge in [-0.2, -0.15) is 0 Å². The highest BCUT2D eigenvalue weighted by Gasteiger charge is 2.13. The van der Waals surface area contributed by atoms with E-state index in [0.717, 1.165) is 54.1 Å². The van der Waals surface area contributed by atoms with E-state index in [9.17, 15) is 9.59 Å². The Kier molecular flexibility index (Phi) is 13.3. The van der Waals surface area contributed by atoms with Crippen molar-refractivity contribution < 1.29 is 9.59 Å². The maximum atomic E-state index is 12.7. The third-order valence-electron chi connectivity index (χ3n) is 5.92. The van der Waals surface area contributed by atoms with Crippen LogP contribution >= 0.6 is 11.3 Å². The summed E-state index contributed by atoms with van der Waals surface area (Å²) >= 11 is 1.63. The molecule has 1 unspecified atom stereocenters. The molecule has 2 heterocycles. The number of thiazole rings is 1. The van der Waals surface area contributed by atoms with Crippen LogP contribution in [-0.2, 0) is 22.4 Å². The molecule has 202 valence electrons. The van der Waals surface area contributed by atoms with E-state index < -0.39 is 0 Å². The Balaban J connectivity index is 2.21. The van der Waals surface area contributed by atoms with Crippen molar-refractivity contribution in [2.75, 3.05) is 20.6 Å². The molecule has 7 heteroatoms. The van der Waals surface area contributed by atoms with E-state index in [4.69, 9.17) is 4.98 Å². The summed E-state index contributed by atoms with van der Waals surface area (Å²) in [5, 5.41) is 9.31. The molecule has 2 amide bonds. The van der Waals surface area contributed by atoms with Crippen molar-refractivity contribution in [3.8, 4) is 0 Å². The number of hydrogen-bond donors (Lipinski definition) is 2. The lowest BCUT2D eigenvalue weighted by Gasteiger charge is -2.14. The molecule has 1 aliphatic rings. The predicted octanol–water partition coefficient (Wildman–Crippen LogP) is 5.30. The van der Waals surface area contributed by atoms with Gasteiger partial charge in [-0.25, -0.2) is 4.98 Å². The van der Waals surface area contributed by atoms with E-state index >= 15 is 0 Å². The number of likely N-dealkylation sites (N-methyl/N-ethyl adjacent to an activating group) is 1. The molecule has 2 atom stereocenters. The Hall–Kier alpha value is -2.77. The number of amides is 2. The number of rotatable bonds is 5. The van der Waals surface area contributed by atoms with Gasteiger partial charge in [-0.3, -0.25) is 9.59 Å². The molecule has 0 radical (unpaired) electrons. The predicted molar refractivity (Wildman–Crippen MR) is 156 cm³/mol. The summed E-state index contributed by atoms with van der Waals surface area (Å²) in [5.41, 5.74) is 4.45. The molecule has 2 rings (SSSR count). The van der Waals surface area contributed by atoms with Crippen LogP contribution in [-0.4, -0.2) is 54.4 Å². The molecule has 1 aromatic heterocycles. The van der Waals surface area contributed by atoms with E-state index in [1.165, 1.54) is 5.57 Å². The number of fused-ring (bicyclic) bond motifs is 2. The van der Waals surface area contributed by atoms with E-state index in [1.54, 1.807) is 23.5 Å². The van der Waals surface area contributed by atoms with Gasteiger partial charge in [0.15, 0.2) is 0 Å². The summed E-state index contributed by atoms with van der Waals surface area (Å²) in [6.07, 6.45) is 18.3. The minimum atomic E-state index is -0.166. The molecule has 1 aliphatic heterocycles. The number of allylic oxidation sites excluding steroid dienone is 6. The molecule has 0 aliphatic carbocycles. The third-order valence-corrected chi connectivity index (χ3v) is 6.84. The Bertz CT molecular complexity index is 1050.